The van der Waals surface area contributed by atoms with Crippen molar-refractivity contribution in [2.24, 2.45) is 11.0 Å². The van der Waals surface area contributed by atoms with Crippen molar-refractivity contribution in [1.82, 2.24) is 5.43 Å². The summed E-state index contributed by atoms with van der Waals surface area (Å²) in [5, 5.41) is 4.54. The van der Waals surface area contributed by atoms with Crippen LogP contribution in [0.3, 0.4) is 0 Å². The second kappa shape index (κ2) is 8.42. The molecule has 1 atom stereocenters. The molecule has 1 amide bonds. The van der Waals surface area contributed by atoms with Gasteiger partial charge >= 0.3 is 5.97 Å². The summed E-state index contributed by atoms with van der Waals surface area (Å²) in [6, 6.07) is 6.46. The molecular formula is C15H19ClN2O3. The van der Waals surface area contributed by atoms with E-state index in [1.807, 2.05) is 6.92 Å². The second-order valence-electron chi connectivity index (χ2n) is 4.41. The maximum atomic E-state index is 11.9. The first-order valence-corrected chi connectivity index (χ1v) is 7.14. The highest BCUT2D eigenvalue weighted by Crippen LogP contribution is 2.10. The van der Waals surface area contributed by atoms with Crippen LogP contribution in [0.25, 0.3) is 0 Å². The minimum Gasteiger partial charge on any atom is -0.465 e. The molecule has 0 aromatic heterocycles. The number of hydrogen-bond donors (Lipinski definition) is 1. The van der Waals surface area contributed by atoms with E-state index in [4.69, 9.17) is 16.3 Å². The van der Waals surface area contributed by atoms with Crippen LogP contribution < -0.4 is 5.43 Å². The number of amides is 1. The van der Waals surface area contributed by atoms with Crippen molar-refractivity contribution in [3.63, 3.8) is 0 Å². The van der Waals surface area contributed by atoms with E-state index < -0.39 is 5.92 Å². The molecule has 0 saturated carbocycles. The Labute approximate surface area is 129 Å². The molecule has 0 saturated heterocycles. The summed E-state index contributed by atoms with van der Waals surface area (Å²) in [5.41, 5.74) is 3.38. The van der Waals surface area contributed by atoms with Crippen LogP contribution in [0.1, 0.15) is 37.6 Å². The second-order valence-corrected chi connectivity index (χ2v) is 4.85. The first kappa shape index (κ1) is 17.2. The van der Waals surface area contributed by atoms with Gasteiger partial charge in [-0.1, -0.05) is 18.5 Å². The van der Waals surface area contributed by atoms with Crippen molar-refractivity contribution in [3.8, 4) is 0 Å². The normalized spacial score (nSPS) is 12.7. The number of carbonyl (C=O) groups excluding carboxylic acids is 2. The largest absolute Gasteiger partial charge is 0.465 e. The minimum absolute atomic E-state index is 0.319. The number of hydrazone groups is 1. The summed E-state index contributed by atoms with van der Waals surface area (Å²) in [7, 11) is 0. The van der Waals surface area contributed by atoms with Crippen molar-refractivity contribution in [3.05, 3.63) is 34.9 Å². The van der Waals surface area contributed by atoms with Gasteiger partial charge in [0.2, 0.25) is 0 Å². The molecule has 114 valence electrons. The molecular weight excluding hydrogens is 292 g/mol. The molecule has 1 aromatic carbocycles. The van der Waals surface area contributed by atoms with Crippen LogP contribution in [-0.4, -0.2) is 24.2 Å². The van der Waals surface area contributed by atoms with Crippen LogP contribution in [0.4, 0.5) is 0 Å². The lowest BCUT2D eigenvalue weighted by Gasteiger charge is -2.13. The standard InChI is InChI=1S/C15H19ClN2O3/c1-4-13(15(20)21-5-2)10(3)17-18-14(19)11-6-8-12(16)9-7-11/h6-9,13H,4-5H2,1-3H3,(H,18,19). The maximum absolute atomic E-state index is 11.9. The van der Waals surface area contributed by atoms with Crippen molar-refractivity contribution in [1.29, 1.82) is 0 Å². The predicted octanol–water partition coefficient (Wildman–Crippen LogP) is 3.04. The first-order chi connectivity index (χ1) is 9.99. The summed E-state index contributed by atoms with van der Waals surface area (Å²) >= 11 is 5.76. The van der Waals surface area contributed by atoms with Gasteiger partial charge in [0.25, 0.3) is 5.91 Å². The van der Waals surface area contributed by atoms with E-state index >= 15 is 0 Å². The number of hydrogen-bond acceptors (Lipinski definition) is 4. The van der Waals surface area contributed by atoms with E-state index in [0.29, 0.717) is 29.3 Å². The molecule has 6 heteroatoms. The number of esters is 1. The molecule has 0 heterocycles. The zero-order valence-corrected chi connectivity index (χ0v) is 13.1. The Bertz CT molecular complexity index is 526. The highest BCUT2D eigenvalue weighted by Gasteiger charge is 2.21. The summed E-state index contributed by atoms with van der Waals surface area (Å²) in [6.07, 6.45) is 0.560. The Hall–Kier alpha value is -1.88. The third kappa shape index (κ3) is 5.19. The van der Waals surface area contributed by atoms with Gasteiger partial charge in [0.15, 0.2) is 0 Å². The molecule has 0 aliphatic rings. The van der Waals surface area contributed by atoms with E-state index in [1.54, 1.807) is 38.1 Å². The number of carbonyl (C=O) groups is 2. The molecule has 0 aliphatic carbocycles. The molecule has 21 heavy (non-hydrogen) atoms. The summed E-state index contributed by atoms with van der Waals surface area (Å²) in [4.78, 5) is 23.6. The highest BCUT2D eigenvalue weighted by molar-refractivity contribution is 6.30. The van der Waals surface area contributed by atoms with Gasteiger partial charge in [0.1, 0.15) is 0 Å². The fourth-order valence-electron chi connectivity index (χ4n) is 1.76. The monoisotopic (exact) mass is 310 g/mol. The number of nitrogens with zero attached hydrogens (tertiary/aromatic N) is 1. The molecule has 0 bridgehead atoms. The summed E-state index contributed by atoms with van der Waals surface area (Å²) in [5.74, 6) is -1.14. The van der Waals surface area contributed by atoms with Gasteiger partial charge in [0, 0.05) is 16.3 Å². The van der Waals surface area contributed by atoms with Gasteiger partial charge in [-0.15, -0.1) is 0 Å². The number of benzene rings is 1. The van der Waals surface area contributed by atoms with E-state index in [0.717, 1.165) is 0 Å². The van der Waals surface area contributed by atoms with Crippen LogP contribution in [0, 0.1) is 5.92 Å². The van der Waals surface area contributed by atoms with Crippen molar-refractivity contribution in [2.75, 3.05) is 6.61 Å². The van der Waals surface area contributed by atoms with Crippen molar-refractivity contribution < 1.29 is 14.3 Å². The zero-order chi connectivity index (χ0) is 15.8. The van der Waals surface area contributed by atoms with Crippen LogP contribution in [-0.2, 0) is 9.53 Å². The summed E-state index contributed by atoms with van der Waals surface area (Å²) < 4.78 is 4.97. The topological polar surface area (TPSA) is 67.8 Å². The van der Waals surface area contributed by atoms with Crippen LogP contribution in [0.5, 0.6) is 0 Å². The number of ether oxygens (including phenoxy) is 1. The van der Waals surface area contributed by atoms with Crippen molar-refractivity contribution >= 4 is 29.2 Å². The Kier molecular flexibility index (Phi) is 6.88. The lowest BCUT2D eigenvalue weighted by Crippen LogP contribution is -2.27. The van der Waals surface area contributed by atoms with Gasteiger partial charge in [-0.3, -0.25) is 9.59 Å². The quantitative estimate of drug-likeness (QED) is 0.499. The average Bonchev–Trinajstić information content (AvgIpc) is 2.46. The van der Waals surface area contributed by atoms with Gasteiger partial charge in [-0.2, -0.15) is 5.10 Å². The first-order valence-electron chi connectivity index (χ1n) is 6.76. The minimum atomic E-state index is -0.449. The fraction of sp³-hybridized carbons (Fsp3) is 0.400. The molecule has 0 radical (unpaired) electrons. The Balaban J connectivity index is 2.71. The number of rotatable bonds is 6. The average molecular weight is 311 g/mol. The Morgan fingerprint density at radius 2 is 1.90 bits per heavy atom. The molecule has 1 rings (SSSR count). The van der Waals surface area contributed by atoms with Crippen molar-refractivity contribution in [2.45, 2.75) is 27.2 Å². The molecule has 1 aromatic rings. The Morgan fingerprint density at radius 1 is 1.29 bits per heavy atom. The molecule has 1 N–H and O–H groups in total. The molecule has 0 aliphatic heterocycles. The van der Waals surface area contributed by atoms with Gasteiger partial charge in [-0.05, 0) is 44.5 Å². The third-order valence-corrected chi connectivity index (χ3v) is 3.18. The lowest BCUT2D eigenvalue weighted by atomic mass is 10.0. The fourth-order valence-corrected chi connectivity index (χ4v) is 1.88. The Morgan fingerprint density at radius 3 is 2.43 bits per heavy atom. The lowest BCUT2D eigenvalue weighted by molar-refractivity contribution is -0.145. The summed E-state index contributed by atoms with van der Waals surface area (Å²) in [6.45, 7) is 5.62. The smallest absolute Gasteiger partial charge is 0.314 e. The van der Waals surface area contributed by atoms with Crippen LogP contribution >= 0.6 is 11.6 Å². The van der Waals surface area contributed by atoms with E-state index in [1.165, 1.54) is 0 Å². The maximum Gasteiger partial charge on any atom is 0.314 e. The molecule has 5 nitrogen and oxygen atoms in total. The predicted molar refractivity (Wildman–Crippen MR) is 82.4 cm³/mol. The van der Waals surface area contributed by atoms with E-state index in [9.17, 15) is 9.59 Å². The number of halogens is 1. The van der Waals surface area contributed by atoms with Crippen LogP contribution in [0.15, 0.2) is 29.4 Å². The SMILES string of the molecule is CCOC(=O)C(CC)C(C)=NNC(=O)c1ccc(Cl)cc1. The van der Waals surface area contributed by atoms with E-state index in [-0.39, 0.29) is 11.9 Å². The van der Waals surface area contributed by atoms with Gasteiger partial charge in [0.05, 0.1) is 12.5 Å². The van der Waals surface area contributed by atoms with Crippen LogP contribution in [0.2, 0.25) is 5.02 Å². The highest BCUT2D eigenvalue weighted by atomic mass is 35.5. The van der Waals surface area contributed by atoms with Gasteiger partial charge in [-0.25, -0.2) is 5.43 Å². The zero-order valence-electron chi connectivity index (χ0n) is 12.4. The van der Waals surface area contributed by atoms with E-state index in [2.05, 4.69) is 10.5 Å². The van der Waals surface area contributed by atoms with Gasteiger partial charge < -0.3 is 4.74 Å². The number of nitrogens with one attached hydrogen (secondary N) is 1. The molecule has 1 unspecified atom stereocenters. The third-order valence-electron chi connectivity index (χ3n) is 2.92. The molecule has 0 spiro atoms. The molecule has 0 fully saturated rings.